The van der Waals surface area contributed by atoms with Crippen LogP contribution in [-0.2, 0) is 5.60 Å². The lowest BCUT2D eigenvalue weighted by Crippen LogP contribution is -3.00. The first-order chi connectivity index (χ1) is 11.1. The van der Waals surface area contributed by atoms with Crippen molar-refractivity contribution >= 4 is 0 Å². The van der Waals surface area contributed by atoms with Gasteiger partial charge < -0.3 is 17.5 Å². The highest BCUT2D eigenvalue weighted by Gasteiger charge is 2.48. The zero-order valence-corrected chi connectivity index (χ0v) is 15.5. The van der Waals surface area contributed by atoms with E-state index in [2.05, 4.69) is 23.7 Å². The van der Waals surface area contributed by atoms with Gasteiger partial charge in [-0.3, -0.25) is 4.90 Å². The van der Waals surface area contributed by atoms with Crippen LogP contribution in [0.25, 0.3) is 0 Å². The van der Waals surface area contributed by atoms with E-state index in [4.69, 9.17) is 0 Å². The van der Waals surface area contributed by atoms with Gasteiger partial charge in [0.2, 0.25) is 0 Å². The van der Waals surface area contributed by atoms with Crippen molar-refractivity contribution in [2.75, 3.05) is 19.6 Å². The van der Waals surface area contributed by atoms with Crippen LogP contribution in [-0.4, -0.2) is 29.6 Å². The number of rotatable bonds is 3. The van der Waals surface area contributed by atoms with Crippen molar-refractivity contribution < 1.29 is 17.5 Å². The van der Waals surface area contributed by atoms with Gasteiger partial charge in [0.1, 0.15) is 0 Å². The van der Waals surface area contributed by atoms with Gasteiger partial charge in [0.15, 0.2) is 5.60 Å². The molecule has 0 amide bonds. The molecule has 1 saturated heterocycles. The SMILES string of the molecule is CC1(C(O)(C#CCN2CCCCC2)c2ccccc2)CCCC1.[Cl-]. The fraction of sp³-hybridized carbons (Fsp3) is 0.619. The number of hydrogen-bond acceptors (Lipinski definition) is 2. The minimum atomic E-state index is -1.03. The largest absolute Gasteiger partial charge is 1.00 e. The Morgan fingerprint density at radius 3 is 2.29 bits per heavy atom. The van der Waals surface area contributed by atoms with E-state index in [1.165, 1.54) is 32.1 Å². The Hall–Kier alpha value is -1.01. The van der Waals surface area contributed by atoms with Crippen molar-refractivity contribution in [3.8, 4) is 11.8 Å². The van der Waals surface area contributed by atoms with Gasteiger partial charge in [-0.25, -0.2) is 0 Å². The third-order valence-electron chi connectivity index (χ3n) is 5.79. The van der Waals surface area contributed by atoms with Crippen molar-refractivity contribution in [1.82, 2.24) is 4.90 Å². The molecule has 1 aromatic rings. The zero-order chi connectivity index (χ0) is 16.2. The third kappa shape index (κ3) is 3.97. The normalized spacial score (nSPS) is 22.8. The van der Waals surface area contributed by atoms with E-state index in [-0.39, 0.29) is 17.8 Å². The molecule has 1 aliphatic heterocycles. The standard InChI is InChI=1S/C21H29NO.ClH/c1-20(13-6-7-14-20)21(23,19-11-4-2-5-12-19)15-10-18-22-16-8-3-9-17-22;/h2,4-5,11-12,23H,3,6-9,13-14,16-18H2,1H3;1H/p-1. The maximum atomic E-state index is 11.6. The fourth-order valence-electron chi connectivity index (χ4n) is 4.16. The summed E-state index contributed by atoms with van der Waals surface area (Å²) in [6.45, 7) is 5.29. The molecule has 0 bridgehead atoms. The topological polar surface area (TPSA) is 23.5 Å². The van der Waals surface area contributed by atoms with Crippen LogP contribution in [0.5, 0.6) is 0 Å². The smallest absolute Gasteiger partial charge is 0.156 e. The summed E-state index contributed by atoms with van der Waals surface area (Å²) >= 11 is 0. The van der Waals surface area contributed by atoms with E-state index in [1.54, 1.807) is 0 Å². The molecule has 1 atom stereocenters. The fourth-order valence-corrected chi connectivity index (χ4v) is 4.16. The van der Waals surface area contributed by atoms with E-state index in [1.807, 2.05) is 30.3 Å². The lowest BCUT2D eigenvalue weighted by atomic mass is 9.68. The van der Waals surface area contributed by atoms with Gasteiger partial charge in [-0.15, -0.1) is 0 Å². The Labute approximate surface area is 153 Å². The number of likely N-dealkylation sites (tertiary alicyclic amines) is 1. The van der Waals surface area contributed by atoms with Crippen molar-refractivity contribution in [3.63, 3.8) is 0 Å². The molecule has 0 aromatic heterocycles. The van der Waals surface area contributed by atoms with Crippen LogP contribution < -0.4 is 12.4 Å². The number of aliphatic hydroxyl groups is 1. The maximum absolute atomic E-state index is 11.6. The highest BCUT2D eigenvalue weighted by atomic mass is 35.5. The summed E-state index contributed by atoms with van der Waals surface area (Å²) in [5.74, 6) is 6.63. The average Bonchev–Trinajstić information content (AvgIpc) is 3.05. The number of benzene rings is 1. The van der Waals surface area contributed by atoms with Gasteiger partial charge in [0.05, 0.1) is 6.54 Å². The first-order valence-corrected chi connectivity index (χ1v) is 9.14. The van der Waals surface area contributed by atoms with Crippen LogP contribution in [0.2, 0.25) is 0 Å². The zero-order valence-electron chi connectivity index (χ0n) is 14.7. The predicted molar refractivity (Wildman–Crippen MR) is 95.0 cm³/mol. The molecule has 3 heteroatoms. The van der Waals surface area contributed by atoms with Crippen molar-refractivity contribution in [2.45, 2.75) is 57.5 Å². The highest BCUT2D eigenvalue weighted by Crippen LogP contribution is 2.50. The number of nitrogens with zero attached hydrogens (tertiary/aromatic N) is 1. The van der Waals surface area contributed by atoms with Crippen LogP contribution in [0.15, 0.2) is 30.3 Å². The average molecular weight is 347 g/mol. The molecular weight excluding hydrogens is 318 g/mol. The third-order valence-corrected chi connectivity index (χ3v) is 5.79. The van der Waals surface area contributed by atoms with E-state index in [0.29, 0.717) is 0 Å². The summed E-state index contributed by atoms with van der Waals surface area (Å²) in [6, 6.07) is 10.1. The predicted octanol–water partition coefficient (Wildman–Crippen LogP) is 0.948. The number of hydrogen-bond donors (Lipinski definition) is 1. The van der Waals surface area contributed by atoms with Crippen LogP contribution in [0, 0.1) is 17.3 Å². The molecule has 1 saturated carbocycles. The Kier molecular flexibility index (Phi) is 6.75. The molecule has 0 radical (unpaired) electrons. The first kappa shape index (κ1) is 19.3. The molecule has 2 nitrogen and oxygen atoms in total. The lowest BCUT2D eigenvalue weighted by Gasteiger charge is -2.39. The van der Waals surface area contributed by atoms with Crippen molar-refractivity contribution in [1.29, 1.82) is 0 Å². The van der Waals surface area contributed by atoms with Crippen LogP contribution in [0.3, 0.4) is 0 Å². The summed E-state index contributed by atoms with van der Waals surface area (Å²) in [5.41, 5.74) is -0.209. The quantitative estimate of drug-likeness (QED) is 0.824. The Morgan fingerprint density at radius 2 is 1.67 bits per heavy atom. The Bertz CT molecular complexity index is 564. The van der Waals surface area contributed by atoms with E-state index >= 15 is 0 Å². The van der Waals surface area contributed by atoms with Gasteiger partial charge in [-0.2, -0.15) is 0 Å². The second-order valence-corrected chi connectivity index (χ2v) is 7.48. The lowest BCUT2D eigenvalue weighted by molar-refractivity contribution is -0.0278. The molecule has 1 aliphatic carbocycles. The summed E-state index contributed by atoms with van der Waals surface area (Å²) in [4.78, 5) is 2.42. The second kappa shape index (κ2) is 8.39. The van der Waals surface area contributed by atoms with Crippen LogP contribution in [0.1, 0.15) is 57.4 Å². The first-order valence-electron chi connectivity index (χ1n) is 9.14. The highest BCUT2D eigenvalue weighted by molar-refractivity contribution is 5.35. The number of piperidine rings is 1. The molecule has 1 unspecified atom stereocenters. The molecule has 1 N–H and O–H groups in total. The van der Waals surface area contributed by atoms with Gasteiger partial charge in [0, 0.05) is 5.41 Å². The minimum Gasteiger partial charge on any atom is -1.00 e. The van der Waals surface area contributed by atoms with Gasteiger partial charge >= 0.3 is 0 Å². The van der Waals surface area contributed by atoms with E-state index < -0.39 is 5.60 Å². The monoisotopic (exact) mass is 346 g/mol. The van der Waals surface area contributed by atoms with Gasteiger partial charge in [-0.1, -0.05) is 68.4 Å². The molecule has 24 heavy (non-hydrogen) atoms. The molecule has 2 aliphatic rings. The molecule has 1 aromatic carbocycles. The summed E-state index contributed by atoms with van der Waals surface area (Å²) in [7, 11) is 0. The summed E-state index contributed by atoms with van der Waals surface area (Å²) in [5, 5.41) is 11.6. The van der Waals surface area contributed by atoms with Crippen LogP contribution in [0.4, 0.5) is 0 Å². The molecule has 3 rings (SSSR count). The van der Waals surface area contributed by atoms with Crippen molar-refractivity contribution in [2.24, 2.45) is 5.41 Å². The van der Waals surface area contributed by atoms with Crippen LogP contribution >= 0.6 is 0 Å². The van der Waals surface area contributed by atoms with Crippen molar-refractivity contribution in [3.05, 3.63) is 35.9 Å². The molecule has 1 heterocycles. The minimum absolute atomic E-state index is 0. The molecule has 0 spiro atoms. The Balaban J connectivity index is 0.00000208. The molecular formula is C21H29ClNO-. The maximum Gasteiger partial charge on any atom is 0.156 e. The van der Waals surface area contributed by atoms with Gasteiger partial charge in [-0.05, 0) is 44.3 Å². The molecule has 2 fully saturated rings. The Morgan fingerprint density at radius 1 is 1.04 bits per heavy atom. The molecule has 132 valence electrons. The van der Waals surface area contributed by atoms with E-state index in [0.717, 1.165) is 38.0 Å². The van der Waals surface area contributed by atoms with E-state index in [9.17, 15) is 5.11 Å². The summed E-state index contributed by atoms with van der Waals surface area (Å²) < 4.78 is 0. The summed E-state index contributed by atoms with van der Waals surface area (Å²) in [6.07, 6.45) is 8.40. The second-order valence-electron chi connectivity index (χ2n) is 7.48. The number of halogens is 1. The van der Waals surface area contributed by atoms with Gasteiger partial charge in [0.25, 0.3) is 0 Å².